The van der Waals surface area contributed by atoms with E-state index in [1.807, 2.05) is 37.3 Å². The number of aromatic nitrogens is 4. The highest BCUT2D eigenvalue weighted by atomic mass is 32.1. The number of halogens is 3. The first-order valence-corrected chi connectivity index (χ1v) is 14.3. The SMILES string of the molecule is CCc1nc(-c2ccc(C=NN=c3scc(C)n3-c3ccccc3C(C)C)cc2)nn1-c1ccc(OC(F)(F)F)cc1. The monoisotopic (exact) mass is 590 g/mol. The van der Waals surface area contributed by atoms with Gasteiger partial charge in [0.25, 0.3) is 0 Å². The second kappa shape index (κ2) is 12.2. The lowest BCUT2D eigenvalue weighted by atomic mass is 10.0. The molecule has 0 aliphatic rings. The minimum atomic E-state index is -4.74. The summed E-state index contributed by atoms with van der Waals surface area (Å²) in [6.07, 6.45) is -2.46. The van der Waals surface area contributed by atoms with Crippen molar-refractivity contribution in [1.29, 1.82) is 0 Å². The van der Waals surface area contributed by atoms with Gasteiger partial charge in [0, 0.05) is 23.1 Å². The predicted octanol–water partition coefficient (Wildman–Crippen LogP) is 7.61. The van der Waals surface area contributed by atoms with Gasteiger partial charge in [-0.15, -0.1) is 34.7 Å². The van der Waals surface area contributed by atoms with E-state index in [9.17, 15) is 13.2 Å². The van der Waals surface area contributed by atoms with Gasteiger partial charge in [-0.1, -0.05) is 63.2 Å². The smallest absolute Gasteiger partial charge is 0.406 e. The van der Waals surface area contributed by atoms with Gasteiger partial charge in [-0.25, -0.2) is 9.67 Å². The first-order chi connectivity index (χ1) is 20.1. The Morgan fingerprint density at radius 1 is 1.00 bits per heavy atom. The van der Waals surface area contributed by atoms with Crippen LogP contribution in [0.2, 0.25) is 0 Å². The molecule has 5 aromatic rings. The third-order valence-corrected chi connectivity index (χ3v) is 7.44. The van der Waals surface area contributed by atoms with E-state index >= 15 is 0 Å². The van der Waals surface area contributed by atoms with Gasteiger partial charge >= 0.3 is 6.36 Å². The molecule has 3 aromatic carbocycles. The number of hydrogen-bond acceptors (Lipinski definition) is 6. The number of alkyl halides is 3. The van der Waals surface area contributed by atoms with Crippen LogP contribution in [0.5, 0.6) is 5.75 Å². The number of ether oxygens (including phenoxy) is 1. The lowest BCUT2D eigenvalue weighted by Crippen LogP contribution is -2.17. The molecule has 0 spiro atoms. The molecule has 0 saturated heterocycles. The van der Waals surface area contributed by atoms with Gasteiger partial charge in [0.1, 0.15) is 11.6 Å². The Balaban J connectivity index is 1.36. The van der Waals surface area contributed by atoms with Crippen LogP contribution < -0.4 is 9.54 Å². The summed E-state index contributed by atoms with van der Waals surface area (Å²) < 4.78 is 45.2. The summed E-state index contributed by atoms with van der Waals surface area (Å²) in [6, 6.07) is 21.5. The summed E-state index contributed by atoms with van der Waals surface area (Å²) in [7, 11) is 0. The molecule has 0 aliphatic heterocycles. The largest absolute Gasteiger partial charge is 0.573 e. The summed E-state index contributed by atoms with van der Waals surface area (Å²) in [6.45, 7) is 8.36. The molecule has 11 heteroatoms. The number of nitrogens with zero attached hydrogens (tertiary/aromatic N) is 6. The molecule has 0 N–H and O–H groups in total. The van der Waals surface area contributed by atoms with Crippen molar-refractivity contribution in [3.8, 4) is 28.5 Å². The lowest BCUT2D eigenvalue weighted by Gasteiger charge is -2.14. The van der Waals surface area contributed by atoms with Crippen molar-refractivity contribution < 1.29 is 17.9 Å². The van der Waals surface area contributed by atoms with E-state index in [1.54, 1.807) is 10.9 Å². The molecule has 0 aliphatic carbocycles. The average molecular weight is 591 g/mol. The fourth-order valence-corrected chi connectivity index (χ4v) is 5.31. The first-order valence-electron chi connectivity index (χ1n) is 13.4. The van der Waals surface area contributed by atoms with Crippen molar-refractivity contribution in [3.05, 3.63) is 106 Å². The van der Waals surface area contributed by atoms with Crippen LogP contribution in [0.1, 0.15) is 49.3 Å². The third kappa shape index (κ3) is 6.52. The Labute approximate surface area is 245 Å². The number of thiazole rings is 1. The van der Waals surface area contributed by atoms with Gasteiger partial charge in [0.05, 0.1) is 17.6 Å². The predicted molar refractivity (Wildman–Crippen MR) is 158 cm³/mol. The van der Waals surface area contributed by atoms with Crippen LogP contribution in [-0.4, -0.2) is 31.9 Å². The summed E-state index contributed by atoms with van der Waals surface area (Å²) in [5.74, 6) is 1.26. The van der Waals surface area contributed by atoms with Crippen molar-refractivity contribution in [2.45, 2.75) is 46.4 Å². The van der Waals surface area contributed by atoms with Gasteiger partial charge in [-0.3, -0.25) is 4.57 Å². The zero-order valence-electron chi connectivity index (χ0n) is 23.5. The second-order valence-electron chi connectivity index (χ2n) is 9.83. The van der Waals surface area contributed by atoms with Gasteiger partial charge < -0.3 is 4.74 Å². The molecule has 2 aromatic heterocycles. The average Bonchev–Trinajstić information content (AvgIpc) is 3.56. The Morgan fingerprint density at radius 2 is 1.71 bits per heavy atom. The molecule has 42 heavy (non-hydrogen) atoms. The van der Waals surface area contributed by atoms with E-state index in [2.05, 4.69) is 73.9 Å². The minimum Gasteiger partial charge on any atom is -0.406 e. The van der Waals surface area contributed by atoms with Crippen molar-refractivity contribution in [2.75, 3.05) is 0 Å². The van der Waals surface area contributed by atoms with Gasteiger partial charge in [0.15, 0.2) is 5.82 Å². The van der Waals surface area contributed by atoms with Gasteiger partial charge in [0.2, 0.25) is 4.80 Å². The van der Waals surface area contributed by atoms with E-state index < -0.39 is 6.36 Å². The second-order valence-corrected chi connectivity index (χ2v) is 10.7. The highest BCUT2D eigenvalue weighted by Crippen LogP contribution is 2.26. The molecule has 0 atom stereocenters. The number of hydrogen-bond donors (Lipinski definition) is 0. The highest BCUT2D eigenvalue weighted by Gasteiger charge is 2.31. The maximum atomic E-state index is 12.5. The van der Waals surface area contributed by atoms with Crippen LogP contribution >= 0.6 is 11.3 Å². The maximum absolute atomic E-state index is 12.5. The standard InChI is InChI=1S/C31H29F3N6OS/c1-5-28-36-29(38-40(28)24-14-16-25(17-15-24)41-31(32,33)34)23-12-10-22(11-13-23)18-35-37-30-39(21(4)19-42-30)27-9-7-6-8-26(27)20(2)3/h6-20H,5H2,1-4H3. The quantitative estimate of drug-likeness (QED) is 0.138. The Morgan fingerprint density at radius 3 is 2.38 bits per heavy atom. The molecule has 2 heterocycles. The van der Waals surface area contributed by atoms with E-state index in [4.69, 9.17) is 0 Å². The molecule has 216 valence electrons. The highest BCUT2D eigenvalue weighted by molar-refractivity contribution is 7.07. The van der Waals surface area contributed by atoms with Gasteiger partial charge in [-0.05, 0) is 54.3 Å². The minimum absolute atomic E-state index is 0.293. The lowest BCUT2D eigenvalue weighted by molar-refractivity contribution is -0.274. The number of benzene rings is 3. The van der Waals surface area contributed by atoms with E-state index in [0.717, 1.165) is 27.3 Å². The van der Waals surface area contributed by atoms with Crippen LogP contribution in [0.15, 0.2) is 88.4 Å². The molecule has 7 nitrogen and oxygen atoms in total. The van der Waals surface area contributed by atoms with E-state index in [-0.39, 0.29) is 5.75 Å². The van der Waals surface area contributed by atoms with Crippen molar-refractivity contribution in [3.63, 3.8) is 0 Å². The third-order valence-electron chi connectivity index (χ3n) is 6.50. The van der Waals surface area contributed by atoms with Crippen LogP contribution in [0, 0.1) is 6.92 Å². The summed E-state index contributed by atoms with van der Waals surface area (Å²) in [5.41, 5.74) is 5.69. The zero-order chi connectivity index (χ0) is 29.9. The fourth-order valence-electron chi connectivity index (χ4n) is 4.49. The molecule has 5 rings (SSSR count). The van der Waals surface area contributed by atoms with Gasteiger partial charge in [-0.2, -0.15) is 5.10 Å². The molecular weight excluding hydrogens is 561 g/mol. The summed E-state index contributed by atoms with van der Waals surface area (Å²) in [4.78, 5) is 5.42. The molecule has 0 unspecified atom stereocenters. The Hall–Kier alpha value is -4.51. The van der Waals surface area contributed by atoms with Crippen LogP contribution in [0.4, 0.5) is 13.2 Å². The van der Waals surface area contributed by atoms with Crippen LogP contribution in [0.25, 0.3) is 22.8 Å². The summed E-state index contributed by atoms with van der Waals surface area (Å²) in [5, 5.41) is 15.6. The van der Waals surface area contributed by atoms with Crippen LogP contribution in [0.3, 0.4) is 0 Å². The Kier molecular flexibility index (Phi) is 8.39. The molecule has 0 radical (unpaired) electrons. The zero-order valence-corrected chi connectivity index (χ0v) is 24.3. The van der Waals surface area contributed by atoms with Crippen molar-refractivity contribution in [1.82, 2.24) is 19.3 Å². The van der Waals surface area contributed by atoms with E-state index in [1.165, 1.54) is 41.2 Å². The Bertz CT molecular complexity index is 1760. The van der Waals surface area contributed by atoms with Crippen LogP contribution in [-0.2, 0) is 6.42 Å². The topological polar surface area (TPSA) is 69.6 Å². The number of rotatable bonds is 8. The maximum Gasteiger partial charge on any atom is 0.573 e. The number of para-hydroxylation sites is 1. The molecule has 0 fully saturated rings. The number of aryl methyl sites for hydroxylation is 2. The van der Waals surface area contributed by atoms with E-state index in [0.29, 0.717) is 29.7 Å². The summed E-state index contributed by atoms with van der Waals surface area (Å²) >= 11 is 1.54. The molecule has 0 amide bonds. The normalized spacial score (nSPS) is 12.5. The fraction of sp³-hybridized carbons (Fsp3) is 0.226. The van der Waals surface area contributed by atoms with Crippen molar-refractivity contribution in [2.24, 2.45) is 10.2 Å². The molecule has 0 bridgehead atoms. The van der Waals surface area contributed by atoms with Crippen molar-refractivity contribution >= 4 is 17.6 Å². The molecular formula is C31H29F3N6OS. The molecule has 0 saturated carbocycles. The first kappa shape index (κ1) is 29.0.